The number of morpholine rings is 1. The molecule has 1 heterocycles. The molecule has 0 bridgehead atoms. The van der Waals surface area contributed by atoms with Crippen molar-refractivity contribution in [2.45, 2.75) is 44.8 Å². The Labute approximate surface area is 166 Å². The minimum Gasteiger partial charge on any atom is -0.423 e. The SMILES string of the molecule is Cc1ccc(OC(=O)c2ccc(S(=O)(=O)N3C[C@@H](C)O[C@@H](C)C3)cc2)cc1C. The molecule has 2 aromatic carbocycles. The largest absolute Gasteiger partial charge is 0.423 e. The Morgan fingerprint density at radius 1 is 1.00 bits per heavy atom. The molecule has 1 fully saturated rings. The van der Waals surface area contributed by atoms with E-state index in [0.717, 1.165) is 11.1 Å². The third-order valence-corrected chi connectivity index (χ3v) is 6.65. The lowest BCUT2D eigenvalue weighted by Gasteiger charge is -2.34. The highest BCUT2D eigenvalue weighted by molar-refractivity contribution is 7.89. The van der Waals surface area contributed by atoms with Crippen LogP contribution in [0.1, 0.15) is 35.3 Å². The molecule has 0 unspecified atom stereocenters. The zero-order chi connectivity index (χ0) is 20.5. The Hall–Kier alpha value is -2.22. The van der Waals surface area contributed by atoms with Gasteiger partial charge in [-0.2, -0.15) is 4.31 Å². The van der Waals surface area contributed by atoms with E-state index in [1.807, 2.05) is 33.8 Å². The van der Waals surface area contributed by atoms with Crippen molar-refractivity contribution in [2.24, 2.45) is 0 Å². The molecule has 0 spiro atoms. The first-order chi connectivity index (χ1) is 13.2. The van der Waals surface area contributed by atoms with E-state index < -0.39 is 16.0 Å². The lowest BCUT2D eigenvalue weighted by molar-refractivity contribution is -0.0440. The Balaban J connectivity index is 1.75. The van der Waals surface area contributed by atoms with Crippen LogP contribution in [0, 0.1) is 13.8 Å². The molecule has 1 saturated heterocycles. The van der Waals surface area contributed by atoms with E-state index in [0.29, 0.717) is 24.4 Å². The second-order valence-electron chi connectivity index (χ2n) is 7.24. The Bertz CT molecular complexity index is 959. The molecule has 0 aromatic heterocycles. The second kappa shape index (κ2) is 8.03. The molecule has 1 aliphatic rings. The predicted molar refractivity (Wildman–Crippen MR) is 106 cm³/mol. The van der Waals surface area contributed by atoms with E-state index in [9.17, 15) is 13.2 Å². The average Bonchev–Trinajstić information content (AvgIpc) is 2.64. The van der Waals surface area contributed by atoms with Gasteiger partial charge in [-0.15, -0.1) is 0 Å². The number of ether oxygens (including phenoxy) is 2. The summed E-state index contributed by atoms with van der Waals surface area (Å²) in [5, 5.41) is 0. The number of hydrogen-bond donors (Lipinski definition) is 0. The van der Waals surface area contributed by atoms with Crippen LogP contribution in [0.25, 0.3) is 0 Å². The maximum Gasteiger partial charge on any atom is 0.343 e. The van der Waals surface area contributed by atoms with Crippen molar-refractivity contribution in [1.29, 1.82) is 0 Å². The summed E-state index contributed by atoms with van der Waals surface area (Å²) >= 11 is 0. The summed E-state index contributed by atoms with van der Waals surface area (Å²) in [7, 11) is -3.64. The number of benzene rings is 2. The van der Waals surface area contributed by atoms with Crippen LogP contribution in [0.4, 0.5) is 0 Å². The van der Waals surface area contributed by atoms with Crippen molar-refractivity contribution < 1.29 is 22.7 Å². The summed E-state index contributed by atoms with van der Waals surface area (Å²) in [5.74, 6) is -0.0677. The van der Waals surface area contributed by atoms with Gasteiger partial charge in [0.05, 0.1) is 22.7 Å². The molecule has 7 heteroatoms. The normalized spacial score (nSPS) is 20.7. The van der Waals surface area contributed by atoms with Crippen molar-refractivity contribution in [3.05, 3.63) is 59.2 Å². The van der Waals surface area contributed by atoms with Crippen LogP contribution in [0.15, 0.2) is 47.4 Å². The number of carbonyl (C=O) groups is 1. The molecule has 0 N–H and O–H groups in total. The number of hydrogen-bond acceptors (Lipinski definition) is 5. The number of nitrogens with zero attached hydrogens (tertiary/aromatic N) is 1. The third-order valence-electron chi connectivity index (χ3n) is 4.80. The highest BCUT2D eigenvalue weighted by atomic mass is 32.2. The molecule has 1 aliphatic heterocycles. The zero-order valence-electron chi connectivity index (χ0n) is 16.5. The molecule has 0 amide bonds. The van der Waals surface area contributed by atoms with Gasteiger partial charge in [0.1, 0.15) is 5.75 Å². The maximum atomic E-state index is 12.9. The monoisotopic (exact) mass is 403 g/mol. The van der Waals surface area contributed by atoms with Crippen molar-refractivity contribution in [2.75, 3.05) is 13.1 Å². The first kappa shape index (κ1) is 20.5. The highest BCUT2D eigenvalue weighted by Crippen LogP contribution is 2.22. The molecule has 28 heavy (non-hydrogen) atoms. The van der Waals surface area contributed by atoms with Gasteiger partial charge in [-0.3, -0.25) is 0 Å². The van der Waals surface area contributed by atoms with Gasteiger partial charge in [0.25, 0.3) is 0 Å². The van der Waals surface area contributed by atoms with Crippen LogP contribution in [0.2, 0.25) is 0 Å². The van der Waals surface area contributed by atoms with E-state index in [-0.39, 0.29) is 17.1 Å². The van der Waals surface area contributed by atoms with Crippen LogP contribution in [0.3, 0.4) is 0 Å². The van der Waals surface area contributed by atoms with Crippen molar-refractivity contribution in [3.8, 4) is 5.75 Å². The van der Waals surface area contributed by atoms with E-state index in [2.05, 4.69) is 0 Å². The van der Waals surface area contributed by atoms with Gasteiger partial charge >= 0.3 is 5.97 Å². The van der Waals surface area contributed by atoms with Gasteiger partial charge < -0.3 is 9.47 Å². The van der Waals surface area contributed by atoms with Crippen LogP contribution < -0.4 is 4.74 Å². The zero-order valence-corrected chi connectivity index (χ0v) is 17.3. The summed E-state index contributed by atoms with van der Waals surface area (Å²) in [5.41, 5.74) is 2.43. The molecule has 6 nitrogen and oxygen atoms in total. The van der Waals surface area contributed by atoms with Crippen LogP contribution in [0.5, 0.6) is 5.75 Å². The quantitative estimate of drug-likeness (QED) is 0.578. The van der Waals surface area contributed by atoms with Crippen LogP contribution in [-0.4, -0.2) is 44.0 Å². The standard InChI is InChI=1S/C21H25NO5S/c1-14-5-8-19(11-15(14)2)27-21(23)18-6-9-20(10-7-18)28(24,25)22-12-16(3)26-17(4)13-22/h5-11,16-17H,12-13H2,1-4H3/t16-,17+. The summed E-state index contributed by atoms with van der Waals surface area (Å²) in [6.07, 6.45) is -0.323. The summed E-state index contributed by atoms with van der Waals surface area (Å²) in [6.45, 7) is 8.25. The Morgan fingerprint density at radius 2 is 1.61 bits per heavy atom. The lowest BCUT2D eigenvalue weighted by atomic mass is 10.1. The number of carbonyl (C=O) groups excluding carboxylic acids is 1. The third kappa shape index (κ3) is 4.43. The summed E-state index contributed by atoms with van der Waals surface area (Å²) in [6, 6.07) is 11.3. The smallest absolute Gasteiger partial charge is 0.343 e. The number of esters is 1. The first-order valence-corrected chi connectivity index (χ1v) is 10.7. The fourth-order valence-electron chi connectivity index (χ4n) is 3.18. The molecule has 2 aromatic rings. The van der Waals surface area contributed by atoms with Crippen molar-refractivity contribution >= 4 is 16.0 Å². The fraction of sp³-hybridized carbons (Fsp3) is 0.381. The molecule has 0 radical (unpaired) electrons. The minimum absolute atomic E-state index is 0.150. The minimum atomic E-state index is -3.64. The molecular formula is C21H25NO5S. The van der Waals surface area contributed by atoms with Gasteiger partial charge in [0.15, 0.2) is 0 Å². The number of aryl methyl sites for hydroxylation is 2. The number of rotatable bonds is 4. The van der Waals surface area contributed by atoms with Crippen LogP contribution in [-0.2, 0) is 14.8 Å². The topological polar surface area (TPSA) is 72.9 Å². The summed E-state index contributed by atoms with van der Waals surface area (Å²) in [4.78, 5) is 12.5. The lowest BCUT2D eigenvalue weighted by Crippen LogP contribution is -2.48. The van der Waals surface area contributed by atoms with Crippen molar-refractivity contribution in [3.63, 3.8) is 0 Å². The van der Waals surface area contributed by atoms with Gasteiger partial charge in [0.2, 0.25) is 10.0 Å². The molecule has 150 valence electrons. The molecule has 2 atom stereocenters. The Kier molecular flexibility index (Phi) is 5.88. The molecule has 0 saturated carbocycles. The Morgan fingerprint density at radius 3 is 2.18 bits per heavy atom. The molecule has 0 aliphatic carbocycles. The first-order valence-electron chi connectivity index (χ1n) is 9.22. The predicted octanol–water partition coefficient (Wildman–Crippen LogP) is 3.32. The van der Waals surface area contributed by atoms with Gasteiger partial charge in [-0.1, -0.05) is 6.07 Å². The fourth-order valence-corrected chi connectivity index (χ4v) is 4.77. The summed E-state index contributed by atoms with van der Waals surface area (Å²) < 4.78 is 38.2. The molecular weight excluding hydrogens is 378 g/mol. The van der Waals surface area contributed by atoms with Gasteiger partial charge in [-0.25, -0.2) is 13.2 Å². The van der Waals surface area contributed by atoms with Crippen LogP contribution >= 0.6 is 0 Å². The maximum absolute atomic E-state index is 12.9. The molecule has 3 rings (SSSR count). The second-order valence-corrected chi connectivity index (χ2v) is 9.18. The van der Waals surface area contributed by atoms with E-state index in [1.165, 1.54) is 28.6 Å². The van der Waals surface area contributed by atoms with E-state index in [1.54, 1.807) is 12.1 Å². The van der Waals surface area contributed by atoms with Crippen molar-refractivity contribution in [1.82, 2.24) is 4.31 Å². The average molecular weight is 404 g/mol. The van der Waals surface area contributed by atoms with Gasteiger partial charge in [-0.05, 0) is 75.2 Å². The van der Waals surface area contributed by atoms with E-state index >= 15 is 0 Å². The van der Waals surface area contributed by atoms with E-state index in [4.69, 9.17) is 9.47 Å². The van der Waals surface area contributed by atoms with Gasteiger partial charge in [0, 0.05) is 13.1 Å². The highest BCUT2D eigenvalue weighted by Gasteiger charge is 2.32. The number of sulfonamides is 1.